The molecule has 2 aromatic heterocycles. The fourth-order valence-corrected chi connectivity index (χ4v) is 2.92. The largest absolute Gasteiger partial charge is 0.495 e. The molecule has 0 fully saturated rings. The minimum atomic E-state index is -0.0654. The Bertz CT molecular complexity index is 905. The molecule has 0 aliphatic carbocycles. The molecule has 0 amide bonds. The topological polar surface area (TPSA) is 67.9 Å². The second kappa shape index (κ2) is 5.38. The van der Waals surface area contributed by atoms with Gasteiger partial charge >= 0.3 is 0 Å². The average Bonchev–Trinajstić information content (AvgIpc) is 2.99. The number of hydrogen-bond donors (Lipinski definition) is 0. The molecule has 0 aliphatic rings. The van der Waals surface area contributed by atoms with Crippen molar-refractivity contribution in [2.24, 2.45) is 0 Å². The zero-order valence-corrected chi connectivity index (χ0v) is 12.1. The molecule has 0 saturated carbocycles. The molecular weight excluding hydrogens is 286 g/mol. The summed E-state index contributed by atoms with van der Waals surface area (Å²) in [6.07, 6.45) is 1.54. The van der Waals surface area contributed by atoms with E-state index in [1.807, 2.05) is 17.5 Å². The van der Waals surface area contributed by atoms with Gasteiger partial charge in [0.1, 0.15) is 16.5 Å². The maximum atomic E-state index is 12.3. The predicted molar refractivity (Wildman–Crippen MR) is 80.7 cm³/mol. The number of nitriles is 1. The molecule has 0 atom stereocenters. The van der Waals surface area contributed by atoms with Crippen molar-refractivity contribution in [1.82, 2.24) is 9.55 Å². The Morgan fingerprint density at radius 3 is 3.05 bits per heavy atom. The first-order valence-electron chi connectivity index (χ1n) is 6.22. The molecule has 0 spiro atoms. The summed E-state index contributed by atoms with van der Waals surface area (Å²) < 4.78 is 7.30. The second-order valence-corrected chi connectivity index (χ2v) is 5.38. The summed E-state index contributed by atoms with van der Waals surface area (Å²) in [5.74, 6) is 0.528. The van der Waals surface area contributed by atoms with Gasteiger partial charge in [-0.1, -0.05) is 6.07 Å². The molecule has 3 aromatic rings. The number of aromatic nitrogens is 2. The number of rotatable bonds is 3. The number of ether oxygens (including phenoxy) is 1. The molecule has 21 heavy (non-hydrogen) atoms. The highest BCUT2D eigenvalue weighted by molar-refractivity contribution is 7.17. The minimum absolute atomic E-state index is 0.0654. The first kappa shape index (κ1) is 13.3. The maximum Gasteiger partial charge on any atom is 0.271 e. The first-order valence-corrected chi connectivity index (χ1v) is 7.10. The van der Waals surface area contributed by atoms with Crippen LogP contribution in [0.2, 0.25) is 0 Å². The normalized spacial score (nSPS) is 10.5. The van der Waals surface area contributed by atoms with Crippen LogP contribution in [0.5, 0.6) is 5.75 Å². The van der Waals surface area contributed by atoms with E-state index in [1.165, 1.54) is 24.8 Å². The molecule has 0 radical (unpaired) electrons. The van der Waals surface area contributed by atoms with E-state index in [1.54, 1.807) is 16.7 Å². The smallest absolute Gasteiger partial charge is 0.271 e. The zero-order valence-electron chi connectivity index (χ0n) is 11.2. The van der Waals surface area contributed by atoms with Crippen LogP contribution < -0.4 is 10.3 Å². The van der Waals surface area contributed by atoms with Crippen molar-refractivity contribution < 1.29 is 4.74 Å². The van der Waals surface area contributed by atoms with Crippen molar-refractivity contribution in [2.75, 3.05) is 7.11 Å². The van der Waals surface area contributed by atoms with E-state index in [0.717, 1.165) is 5.56 Å². The van der Waals surface area contributed by atoms with Gasteiger partial charge in [0.15, 0.2) is 0 Å². The molecule has 0 unspecified atom stereocenters. The summed E-state index contributed by atoms with van der Waals surface area (Å²) in [5, 5.41) is 11.0. The lowest BCUT2D eigenvalue weighted by Crippen LogP contribution is -2.20. The Labute approximate surface area is 124 Å². The number of nitrogens with zero attached hydrogens (tertiary/aromatic N) is 3. The highest BCUT2D eigenvalue weighted by atomic mass is 32.1. The fraction of sp³-hybridized carbons (Fsp3) is 0.133. The van der Waals surface area contributed by atoms with Crippen LogP contribution in [0.3, 0.4) is 0 Å². The predicted octanol–water partition coefficient (Wildman–Crippen LogP) is 2.39. The van der Waals surface area contributed by atoms with Crippen LogP contribution in [0.4, 0.5) is 0 Å². The molecular formula is C15H11N3O2S. The summed E-state index contributed by atoms with van der Waals surface area (Å²) in [7, 11) is 1.52. The number of fused-ring (bicyclic) bond motifs is 1. The number of thiophene rings is 1. The van der Waals surface area contributed by atoms with Gasteiger partial charge in [-0.25, -0.2) is 4.98 Å². The molecule has 0 N–H and O–H groups in total. The number of methoxy groups -OCH3 is 1. The molecule has 0 aliphatic heterocycles. The molecule has 1 aromatic carbocycles. The first-order chi connectivity index (χ1) is 10.2. The van der Waals surface area contributed by atoms with Gasteiger partial charge < -0.3 is 4.74 Å². The second-order valence-electron chi connectivity index (χ2n) is 4.46. The Balaban J connectivity index is 2.01. The zero-order chi connectivity index (χ0) is 14.8. The van der Waals surface area contributed by atoms with E-state index in [-0.39, 0.29) is 5.56 Å². The van der Waals surface area contributed by atoms with E-state index >= 15 is 0 Å². The van der Waals surface area contributed by atoms with Crippen molar-refractivity contribution in [3.05, 3.63) is 57.5 Å². The van der Waals surface area contributed by atoms with Crippen molar-refractivity contribution in [1.29, 1.82) is 5.26 Å². The third kappa shape index (κ3) is 2.39. The Kier molecular flexibility index (Phi) is 3.42. The highest BCUT2D eigenvalue weighted by Gasteiger charge is 2.08. The van der Waals surface area contributed by atoms with E-state index in [9.17, 15) is 4.79 Å². The quantitative estimate of drug-likeness (QED) is 0.744. The lowest BCUT2D eigenvalue weighted by Gasteiger charge is -2.08. The van der Waals surface area contributed by atoms with Crippen LogP contribution in [0.15, 0.2) is 40.8 Å². The van der Waals surface area contributed by atoms with Gasteiger partial charge in [0.05, 0.1) is 31.1 Å². The highest BCUT2D eigenvalue weighted by Crippen LogP contribution is 2.19. The maximum absolute atomic E-state index is 12.3. The van der Waals surface area contributed by atoms with Gasteiger partial charge in [-0.3, -0.25) is 9.36 Å². The summed E-state index contributed by atoms with van der Waals surface area (Å²) in [6.45, 7) is 0.373. The minimum Gasteiger partial charge on any atom is -0.495 e. The summed E-state index contributed by atoms with van der Waals surface area (Å²) in [5.41, 5.74) is 1.96. The average molecular weight is 297 g/mol. The standard InChI is InChI=1S/C15H11N3O2S/c1-20-13-3-2-10(6-11(13)7-16)8-18-9-17-12-4-5-21-14(12)15(18)19/h2-6,9H,8H2,1H3. The van der Waals surface area contributed by atoms with Crippen LogP contribution in [-0.4, -0.2) is 16.7 Å². The summed E-state index contributed by atoms with van der Waals surface area (Å²) in [4.78, 5) is 16.6. The lowest BCUT2D eigenvalue weighted by molar-refractivity contribution is 0.413. The summed E-state index contributed by atoms with van der Waals surface area (Å²) >= 11 is 1.38. The van der Waals surface area contributed by atoms with Crippen LogP contribution in [0.1, 0.15) is 11.1 Å². The Hall–Kier alpha value is -2.65. The fourth-order valence-electron chi connectivity index (χ4n) is 2.13. The molecule has 2 heterocycles. The molecule has 3 rings (SSSR count). The molecule has 0 saturated heterocycles. The monoisotopic (exact) mass is 297 g/mol. The van der Waals surface area contributed by atoms with Gasteiger partial charge in [0, 0.05) is 0 Å². The molecule has 104 valence electrons. The third-order valence-electron chi connectivity index (χ3n) is 3.17. The SMILES string of the molecule is COc1ccc(Cn2cnc3ccsc3c2=O)cc1C#N. The van der Waals surface area contributed by atoms with Crippen molar-refractivity contribution in [3.8, 4) is 11.8 Å². The van der Waals surface area contributed by atoms with Crippen LogP contribution in [-0.2, 0) is 6.54 Å². The van der Waals surface area contributed by atoms with Gasteiger partial charge in [0.2, 0.25) is 0 Å². The van der Waals surface area contributed by atoms with Crippen molar-refractivity contribution in [2.45, 2.75) is 6.54 Å². The van der Waals surface area contributed by atoms with E-state index in [4.69, 9.17) is 10.00 Å². The number of hydrogen-bond acceptors (Lipinski definition) is 5. The van der Waals surface area contributed by atoms with Crippen molar-refractivity contribution in [3.63, 3.8) is 0 Å². The van der Waals surface area contributed by atoms with Crippen LogP contribution in [0, 0.1) is 11.3 Å². The van der Waals surface area contributed by atoms with Crippen LogP contribution >= 0.6 is 11.3 Å². The van der Waals surface area contributed by atoms with Gasteiger partial charge in [0.25, 0.3) is 5.56 Å². The van der Waals surface area contributed by atoms with Gasteiger partial charge in [-0.05, 0) is 29.1 Å². The third-order valence-corrected chi connectivity index (χ3v) is 4.06. The van der Waals surface area contributed by atoms with Crippen molar-refractivity contribution >= 4 is 21.6 Å². The lowest BCUT2D eigenvalue weighted by atomic mass is 10.1. The van der Waals surface area contributed by atoms with Gasteiger partial charge in [-0.15, -0.1) is 11.3 Å². The molecule has 0 bridgehead atoms. The molecule has 6 heteroatoms. The summed E-state index contributed by atoms with van der Waals surface area (Å²) in [6, 6.07) is 9.21. The Morgan fingerprint density at radius 1 is 1.43 bits per heavy atom. The van der Waals surface area contributed by atoms with E-state index in [0.29, 0.717) is 28.1 Å². The van der Waals surface area contributed by atoms with Crippen LogP contribution in [0.25, 0.3) is 10.2 Å². The van der Waals surface area contributed by atoms with E-state index < -0.39 is 0 Å². The van der Waals surface area contributed by atoms with Gasteiger partial charge in [-0.2, -0.15) is 5.26 Å². The van der Waals surface area contributed by atoms with E-state index in [2.05, 4.69) is 11.1 Å². The number of benzene rings is 1. The Morgan fingerprint density at radius 2 is 2.29 bits per heavy atom. The molecule has 5 nitrogen and oxygen atoms in total.